The van der Waals surface area contributed by atoms with Crippen LogP contribution in [-0.2, 0) is 16.1 Å². The first kappa shape index (κ1) is 17.5. The molecule has 0 saturated heterocycles. The van der Waals surface area contributed by atoms with Crippen molar-refractivity contribution >= 4 is 11.9 Å². The summed E-state index contributed by atoms with van der Waals surface area (Å²) >= 11 is 0. The summed E-state index contributed by atoms with van der Waals surface area (Å²) in [6.45, 7) is 4.30. The van der Waals surface area contributed by atoms with E-state index in [1.54, 1.807) is 24.3 Å². The molecule has 1 N–H and O–H groups in total. The van der Waals surface area contributed by atoms with Gasteiger partial charge in [-0.2, -0.15) is 0 Å². The molecule has 2 aromatic rings. The van der Waals surface area contributed by atoms with Gasteiger partial charge in [-0.25, -0.2) is 4.79 Å². The molecular formula is C19H21NO4. The van der Waals surface area contributed by atoms with Gasteiger partial charge in [0.1, 0.15) is 5.75 Å². The van der Waals surface area contributed by atoms with E-state index >= 15 is 0 Å². The lowest BCUT2D eigenvalue weighted by Gasteiger charge is -2.09. The maximum atomic E-state index is 11.9. The molecule has 2 aromatic carbocycles. The first-order valence-corrected chi connectivity index (χ1v) is 7.63. The van der Waals surface area contributed by atoms with Crippen molar-refractivity contribution in [2.24, 2.45) is 0 Å². The molecule has 0 fully saturated rings. The third-order valence-corrected chi connectivity index (χ3v) is 3.43. The Kier molecular flexibility index (Phi) is 5.95. The normalized spacial score (nSPS) is 10.1. The van der Waals surface area contributed by atoms with Crippen LogP contribution in [-0.4, -0.2) is 25.6 Å². The molecule has 0 heterocycles. The van der Waals surface area contributed by atoms with Crippen LogP contribution in [0.3, 0.4) is 0 Å². The standard InChI is InChI=1S/C19H21NO4/c1-13-8-14(2)10-17(9-13)24-12-18(21)20-11-15-4-6-16(7-5-15)19(22)23-3/h4-10H,11-12H2,1-3H3,(H,20,21). The predicted octanol–water partition coefficient (Wildman–Crippen LogP) is 2.79. The number of methoxy groups -OCH3 is 1. The van der Waals surface area contributed by atoms with Crippen LogP contribution >= 0.6 is 0 Å². The smallest absolute Gasteiger partial charge is 0.337 e. The van der Waals surface area contributed by atoms with Crippen molar-refractivity contribution < 1.29 is 19.1 Å². The van der Waals surface area contributed by atoms with Crippen molar-refractivity contribution in [2.75, 3.05) is 13.7 Å². The number of ether oxygens (including phenoxy) is 2. The minimum Gasteiger partial charge on any atom is -0.484 e. The molecule has 0 aliphatic carbocycles. The van der Waals surface area contributed by atoms with Gasteiger partial charge in [0.15, 0.2) is 6.61 Å². The van der Waals surface area contributed by atoms with E-state index in [1.807, 2.05) is 32.0 Å². The summed E-state index contributed by atoms with van der Waals surface area (Å²) in [5.74, 6) is 0.101. The Bertz CT molecular complexity index is 702. The number of carbonyl (C=O) groups excluding carboxylic acids is 2. The zero-order chi connectivity index (χ0) is 17.5. The lowest BCUT2D eigenvalue weighted by atomic mass is 10.1. The van der Waals surface area contributed by atoms with E-state index < -0.39 is 0 Å². The highest BCUT2D eigenvalue weighted by molar-refractivity contribution is 5.89. The summed E-state index contributed by atoms with van der Waals surface area (Å²) in [6, 6.07) is 12.7. The van der Waals surface area contributed by atoms with Gasteiger partial charge in [0.25, 0.3) is 5.91 Å². The molecular weight excluding hydrogens is 306 g/mol. The van der Waals surface area contributed by atoms with Crippen molar-refractivity contribution in [3.8, 4) is 5.75 Å². The molecule has 0 atom stereocenters. The van der Waals surface area contributed by atoms with Crippen LogP contribution in [0.15, 0.2) is 42.5 Å². The van der Waals surface area contributed by atoms with Gasteiger partial charge >= 0.3 is 5.97 Å². The number of rotatable bonds is 6. The summed E-state index contributed by atoms with van der Waals surface area (Å²) in [7, 11) is 1.34. The summed E-state index contributed by atoms with van der Waals surface area (Å²) < 4.78 is 10.1. The second-order valence-corrected chi connectivity index (χ2v) is 5.58. The molecule has 24 heavy (non-hydrogen) atoms. The zero-order valence-electron chi connectivity index (χ0n) is 14.1. The lowest BCUT2D eigenvalue weighted by Crippen LogP contribution is -2.28. The molecule has 0 saturated carbocycles. The summed E-state index contributed by atoms with van der Waals surface area (Å²) in [5, 5.41) is 2.78. The van der Waals surface area contributed by atoms with Crippen molar-refractivity contribution in [2.45, 2.75) is 20.4 Å². The van der Waals surface area contributed by atoms with Crippen LogP contribution in [0.5, 0.6) is 5.75 Å². The van der Waals surface area contributed by atoms with E-state index in [-0.39, 0.29) is 18.5 Å². The van der Waals surface area contributed by atoms with Crippen molar-refractivity contribution in [3.63, 3.8) is 0 Å². The Balaban J connectivity index is 1.81. The second-order valence-electron chi connectivity index (χ2n) is 5.58. The molecule has 5 heteroatoms. The summed E-state index contributed by atoms with van der Waals surface area (Å²) in [5.41, 5.74) is 3.56. The lowest BCUT2D eigenvalue weighted by molar-refractivity contribution is -0.123. The second kappa shape index (κ2) is 8.15. The average molecular weight is 327 g/mol. The van der Waals surface area contributed by atoms with E-state index in [0.717, 1.165) is 16.7 Å². The SMILES string of the molecule is COC(=O)c1ccc(CNC(=O)COc2cc(C)cc(C)c2)cc1. The largest absolute Gasteiger partial charge is 0.484 e. The predicted molar refractivity (Wildman–Crippen MR) is 91.0 cm³/mol. The van der Waals surface area contributed by atoms with Crippen LogP contribution in [0.4, 0.5) is 0 Å². The van der Waals surface area contributed by atoms with Crippen molar-refractivity contribution in [1.82, 2.24) is 5.32 Å². The number of carbonyl (C=O) groups is 2. The van der Waals surface area contributed by atoms with Gasteiger partial charge in [-0.1, -0.05) is 18.2 Å². The Labute approximate surface area is 141 Å². The van der Waals surface area contributed by atoms with Crippen molar-refractivity contribution in [3.05, 3.63) is 64.7 Å². The molecule has 0 unspecified atom stereocenters. The fourth-order valence-corrected chi connectivity index (χ4v) is 2.29. The van der Waals surface area contributed by atoms with Gasteiger partial charge in [0.2, 0.25) is 0 Å². The maximum absolute atomic E-state index is 11.9. The minimum absolute atomic E-state index is 0.0386. The van der Waals surface area contributed by atoms with Gasteiger partial charge in [-0.3, -0.25) is 4.79 Å². The molecule has 0 radical (unpaired) electrons. The topological polar surface area (TPSA) is 64.6 Å². The highest BCUT2D eigenvalue weighted by atomic mass is 16.5. The Morgan fingerprint density at radius 3 is 2.21 bits per heavy atom. The van der Waals surface area contributed by atoms with Gasteiger partial charge in [0.05, 0.1) is 12.7 Å². The summed E-state index contributed by atoms with van der Waals surface area (Å²) in [4.78, 5) is 23.2. The van der Waals surface area contributed by atoms with Crippen LogP contribution < -0.4 is 10.1 Å². The maximum Gasteiger partial charge on any atom is 0.337 e. The number of amides is 1. The molecule has 5 nitrogen and oxygen atoms in total. The first-order valence-electron chi connectivity index (χ1n) is 7.63. The number of nitrogens with one attached hydrogen (secondary N) is 1. The van der Waals surface area contributed by atoms with Crippen LogP contribution in [0.2, 0.25) is 0 Å². The molecule has 0 aromatic heterocycles. The van der Waals surface area contributed by atoms with E-state index in [2.05, 4.69) is 10.1 Å². The quantitative estimate of drug-likeness (QED) is 0.829. The van der Waals surface area contributed by atoms with Crippen LogP contribution in [0, 0.1) is 13.8 Å². The molecule has 1 amide bonds. The van der Waals surface area contributed by atoms with Gasteiger partial charge < -0.3 is 14.8 Å². The minimum atomic E-state index is -0.382. The van der Waals surface area contributed by atoms with E-state index in [4.69, 9.17) is 4.74 Å². The number of hydrogen-bond donors (Lipinski definition) is 1. The van der Waals surface area contributed by atoms with Crippen LogP contribution in [0.1, 0.15) is 27.0 Å². The molecule has 126 valence electrons. The van der Waals surface area contributed by atoms with E-state index in [0.29, 0.717) is 17.9 Å². The van der Waals surface area contributed by atoms with E-state index in [9.17, 15) is 9.59 Å². The molecule has 0 aliphatic heterocycles. The number of hydrogen-bond acceptors (Lipinski definition) is 4. The molecule has 2 rings (SSSR count). The molecule has 0 aliphatic rings. The third-order valence-electron chi connectivity index (χ3n) is 3.43. The monoisotopic (exact) mass is 327 g/mol. The number of aryl methyl sites for hydroxylation is 2. The molecule has 0 spiro atoms. The average Bonchev–Trinajstić information content (AvgIpc) is 2.57. The Hall–Kier alpha value is -2.82. The highest BCUT2D eigenvalue weighted by Crippen LogP contribution is 2.16. The van der Waals surface area contributed by atoms with Gasteiger partial charge in [-0.15, -0.1) is 0 Å². The zero-order valence-corrected chi connectivity index (χ0v) is 14.1. The fraction of sp³-hybridized carbons (Fsp3) is 0.263. The fourth-order valence-electron chi connectivity index (χ4n) is 2.29. The third kappa shape index (κ3) is 5.12. The number of esters is 1. The first-order chi connectivity index (χ1) is 11.5. The highest BCUT2D eigenvalue weighted by Gasteiger charge is 2.06. The molecule has 0 bridgehead atoms. The van der Waals surface area contributed by atoms with E-state index in [1.165, 1.54) is 7.11 Å². The summed E-state index contributed by atoms with van der Waals surface area (Å²) in [6.07, 6.45) is 0. The Morgan fingerprint density at radius 2 is 1.62 bits per heavy atom. The van der Waals surface area contributed by atoms with Crippen LogP contribution in [0.25, 0.3) is 0 Å². The number of benzene rings is 2. The van der Waals surface area contributed by atoms with Crippen molar-refractivity contribution in [1.29, 1.82) is 0 Å². The van der Waals surface area contributed by atoms with Gasteiger partial charge in [-0.05, 0) is 54.8 Å². The Morgan fingerprint density at radius 1 is 1.00 bits per heavy atom. The van der Waals surface area contributed by atoms with Gasteiger partial charge in [0, 0.05) is 6.54 Å².